The SMILES string of the molecule is CCc1ccc(C2CC3CCC(N3)C2C(=O)O[11CH3])cc1I. The molecule has 4 heteroatoms. The average molecular weight is 398 g/mol. The zero-order valence-electron chi connectivity index (χ0n) is 12.6. The van der Waals surface area contributed by atoms with Crippen LogP contribution >= 0.6 is 22.6 Å². The highest BCUT2D eigenvalue weighted by Gasteiger charge is 2.46. The maximum Gasteiger partial charge on any atom is 0.310 e. The maximum atomic E-state index is 12.3. The number of fused-ring (bicyclic) bond motifs is 2. The van der Waals surface area contributed by atoms with E-state index in [1.54, 1.807) is 0 Å². The summed E-state index contributed by atoms with van der Waals surface area (Å²) in [6.45, 7) is 2.18. The minimum atomic E-state index is -0.0626. The normalized spacial score (nSPS) is 31.2. The van der Waals surface area contributed by atoms with E-state index in [1.165, 1.54) is 28.2 Å². The number of carbonyl (C=O) groups excluding carboxylic acids is 1. The first-order chi connectivity index (χ1) is 10.1. The summed E-state index contributed by atoms with van der Waals surface area (Å²) in [5.74, 6) is 0.181. The Hall–Kier alpha value is -0.620. The summed E-state index contributed by atoms with van der Waals surface area (Å²) in [5, 5.41) is 3.59. The number of esters is 1. The molecule has 0 aliphatic carbocycles. The van der Waals surface area contributed by atoms with Gasteiger partial charge in [0.15, 0.2) is 0 Å². The molecule has 2 bridgehead atoms. The summed E-state index contributed by atoms with van der Waals surface area (Å²) >= 11 is 2.41. The summed E-state index contributed by atoms with van der Waals surface area (Å²) in [4.78, 5) is 12.3. The smallest absolute Gasteiger partial charge is 0.310 e. The summed E-state index contributed by atoms with van der Waals surface area (Å²) in [5.41, 5.74) is 2.68. The van der Waals surface area contributed by atoms with Gasteiger partial charge in [-0.15, -0.1) is 0 Å². The number of benzene rings is 1. The lowest BCUT2D eigenvalue weighted by molar-refractivity contribution is -0.148. The molecule has 2 aliphatic rings. The van der Waals surface area contributed by atoms with Gasteiger partial charge in [0, 0.05) is 21.6 Å². The lowest BCUT2D eigenvalue weighted by atomic mass is 9.77. The number of nitrogens with one attached hydrogen (secondary N) is 1. The van der Waals surface area contributed by atoms with E-state index in [4.69, 9.17) is 4.74 Å². The van der Waals surface area contributed by atoms with E-state index in [0.717, 1.165) is 19.3 Å². The Morgan fingerprint density at radius 1 is 1.43 bits per heavy atom. The second-order valence-corrected chi connectivity index (χ2v) is 7.31. The lowest BCUT2D eigenvalue weighted by Gasteiger charge is -2.36. The number of hydrogen-bond acceptors (Lipinski definition) is 3. The third kappa shape index (κ3) is 2.84. The van der Waals surface area contributed by atoms with Gasteiger partial charge < -0.3 is 10.1 Å². The minimum Gasteiger partial charge on any atom is -0.469 e. The molecule has 1 aromatic rings. The molecule has 4 atom stereocenters. The molecule has 2 saturated heterocycles. The largest absolute Gasteiger partial charge is 0.469 e. The van der Waals surface area contributed by atoms with E-state index in [0.29, 0.717) is 6.04 Å². The van der Waals surface area contributed by atoms with Crippen LogP contribution in [0.3, 0.4) is 0 Å². The van der Waals surface area contributed by atoms with Gasteiger partial charge in [0.05, 0.1) is 13.0 Å². The van der Waals surface area contributed by atoms with Crippen molar-refractivity contribution in [2.45, 2.75) is 50.6 Å². The zero-order chi connectivity index (χ0) is 15.0. The summed E-state index contributed by atoms with van der Waals surface area (Å²) in [7, 11) is 1.50. The van der Waals surface area contributed by atoms with Crippen LogP contribution in [0.5, 0.6) is 0 Å². The van der Waals surface area contributed by atoms with Gasteiger partial charge in [0.2, 0.25) is 0 Å². The second-order valence-electron chi connectivity index (χ2n) is 6.14. The molecular weight excluding hydrogens is 376 g/mol. The van der Waals surface area contributed by atoms with Crippen LogP contribution in [-0.2, 0) is 16.0 Å². The van der Waals surface area contributed by atoms with E-state index in [2.05, 4.69) is 53.0 Å². The highest BCUT2D eigenvalue weighted by Crippen LogP contribution is 2.42. The molecule has 21 heavy (non-hydrogen) atoms. The monoisotopic (exact) mass is 398 g/mol. The number of methoxy groups -OCH3 is 1. The van der Waals surface area contributed by atoms with Crippen molar-refractivity contribution in [2.24, 2.45) is 5.92 Å². The Morgan fingerprint density at radius 3 is 2.90 bits per heavy atom. The number of carbonyl (C=O) groups is 1. The fourth-order valence-electron chi connectivity index (χ4n) is 3.94. The molecule has 2 heterocycles. The molecule has 0 saturated carbocycles. The summed E-state index contributed by atoms with van der Waals surface area (Å²) < 4.78 is 6.39. The van der Waals surface area contributed by atoms with E-state index < -0.39 is 0 Å². The number of piperidine rings is 1. The van der Waals surface area contributed by atoms with E-state index in [-0.39, 0.29) is 23.8 Å². The van der Waals surface area contributed by atoms with Crippen molar-refractivity contribution in [1.29, 1.82) is 0 Å². The first-order valence-electron chi connectivity index (χ1n) is 7.76. The predicted molar refractivity (Wildman–Crippen MR) is 91.3 cm³/mol. The van der Waals surface area contributed by atoms with Gasteiger partial charge >= 0.3 is 5.97 Å². The van der Waals surface area contributed by atoms with Crippen LogP contribution in [-0.4, -0.2) is 25.2 Å². The van der Waals surface area contributed by atoms with Gasteiger partial charge in [-0.2, -0.15) is 0 Å². The third-order valence-electron chi connectivity index (χ3n) is 5.04. The Morgan fingerprint density at radius 2 is 2.24 bits per heavy atom. The molecular formula is C17H22INO2. The van der Waals surface area contributed by atoms with Crippen molar-refractivity contribution >= 4 is 28.6 Å². The van der Waals surface area contributed by atoms with Gasteiger partial charge in [-0.1, -0.05) is 19.1 Å². The molecule has 2 fully saturated rings. The van der Waals surface area contributed by atoms with Crippen molar-refractivity contribution in [3.63, 3.8) is 0 Å². The number of halogens is 1. The second kappa shape index (κ2) is 6.24. The number of hydrogen-bond donors (Lipinski definition) is 1. The van der Waals surface area contributed by atoms with Crippen molar-refractivity contribution in [2.75, 3.05) is 7.11 Å². The number of rotatable bonds is 3. The average Bonchev–Trinajstić information content (AvgIpc) is 2.87. The quantitative estimate of drug-likeness (QED) is 0.628. The van der Waals surface area contributed by atoms with Gasteiger partial charge in [-0.25, -0.2) is 0 Å². The fraction of sp³-hybridized carbons (Fsp3) is 0.588. The molecule has 0 spiro atoms. The molecule has 1 N–H and O–H groups in total. The topological polar surface area (TPSA) is 38.3 Å². The molecule has 1 aromatic carbocycles. The lowest BCUT2D eigenvalue weighted by Crippen LogP contribution is -2.48. The van der Waals surface area contributed by atoms with Gasteiger partial charge in [-0.3, -0.25) is 4.79 Å². The zero-order valence-corrected chi connectivity index (χ0v) is 14.7. The van der Waals surface area contributed by atoms with Gasteiger partial charge in [0.25, 0.3) is 0 Å². The highest BCUT2D eigenvalue weighted by molar-refractivity contribution is 14.1. The first-order valence-corrected chi connectivity index (χ1v) is 8.84. The summed E-state index contributed by atoms with van der Waals surface area (Å²) in [6, 6.07) is 7.54. The molecule has 3 rings (SSSR count). The highest BCUT2D eigenvalue weighted by atomic mass is 127. The Balaban J connectivity index is 1.94. The Kier molecular flexibility index (Phi) is 4.54. The van der Waals surface area contributed by atoms with Gasteiger partial charge in [0.1, 0.15) is 0 Å². The molecule has 0 radical (unpaired) electrons. The Labute approximate surface area is 140 Å². The number of aryl methyl sites for hydroxylation is 1. The molecule has 0 amide bonds. The van der Waals surface area contributed by atoms with Crippen LogP contribution in [0.25, 0.3) is 0 Å². The van der Waals surface area contributed by atoms with Crippen molar-refractivity contribution in [1.82, 2.24) is 5.32 Å². The number of ether oxygens (including phenoxy) is 1. The van der Waals surface area contributed by atoms with Crippen molar-refractivity contribution in [3.8, 4) is 0 Å². The van der Waals surface area contributed by atoms with Crippen LogP contribution in [0.15, 0.2) is 18.2 Å². The van der Waals surface area contributed by atoms with Gasteiger partial charge in [-0.05, 0) is 65.5 Å². The van der Waals surface area contributed by atoms with Crippen LogP contribution in [0, 0.1) is 9.49 Å². The van der Waals surface area contributed by atoms with E-state index >= 15 is 0 Å². The van der Waals surface area contributed by atoms with Crippen LogP contribution in [0.2, 0.25) is 0 Å². The molecule has 114 valence electrons. The standard InChI is InChI=1S/C17H22INO2/c1-3-10-4-5-11(8-14(10)18)13-9-12-6-7-15(19-12)16(13)17(20)21-2/h4-5,8,12-13,15-16,19H,3,6-7,9H2,1-2H3/i2-1. The van der Waals surface area contributed by atoms with Crippen molar-refractivity contribution < 1.29 is 9.53 Å². The molecule has 0 aromatic heterocycles. The first kappa shape index (κ1) is 15.3. The maximum absolute atomic E-state index is 12.3. The van der Waals surface area contributed by atoms with Crippen LogP contribution in [0.1, 0.15) is 43.2 Å². The fourth-order valence-corrected chi connectivity index (χ4v) is 4.86. The van der Waals surface area contributed by atoms with Crippen LogP contribution in [0.4, 0.5) is 0 Å². The Bertz CT molecular complexity index is 546. The molecule has 4 unspecified atom stereocenters. The van der Waals surface area contributed by atoms with Crippen molar-refractivity contribution in [3.05, 3.63) is 32.9 Å². The third-order valence-corrected chi connectivity index (χ3v) is 6.05. The summed E-state index contributed by atoms with van der Waals surface area (Å²) in [6.07, 6.45) is 4.36. The molecule has 3 nitrogen and oxygen atoms in total. The van der Waals surface area contributed by atoms with Crippen LogP contribution < -0.4 is 5.32 Å². The molecule has 2 aliphatic heterocycles. The van der Waals surface area contributed by atoms with E-state index in [9.17, 15) is 4.79 Å². The predicted octanol–water partition coefficient (Wildman–Crippen LogP) is 3.25. The van der Waals surface area contributed by atoms with E-state index in [1.807, 2.05) is 0 Å². The minimum absolute atomic E-state index is 0.0444.